The predicted molar refractivity (Wildman–Crippen MR) is 137 cm³/mol. The van der Waals surface area contributed by atoms with E-state index in [0.717, 1.165) is 33.4 Å². The van der Waals surface area contributed by atoms with Crippen LogP contribution in [0.15, 0.2) is 23.4 Å². The molecular formula is C26H33N3O5S. The molecule has 0 radical (unpaired) electrons. The number of rotatable bonds is 11. The first-order valence-corrected chi connectivity index (χ1v) is 12.2. The molecule has 0 bridgehead atoms. The number of hydrogen-bond acceptors (Lipinski definition) is 8. The van der Waals surface area contributed by atoms with Gasteiger partial charge in [0.2, 0.25) is 5.75 Å². The number of hydrogen-bond donors (Lipinski definition) is 0. The number of Topliss-reactive ketones (excluding diaryl/α,β-unsaturated/α-hetero) is 1. The van der Waals surface area contributed by atoms with Crippen LogP contribution in [0, 0.1) is 27.7 Å². The summed E-state index contributed by atoms with van der Waals surface area (Å²) in [7, 11) is 6.35. The van der Waals surface area contributed by atoms with Gasteiger partial charge in [-0.15, -0.1) is 10.2 Å². The van der Waals surface area contributed by atoms with Crippen molar-refractivity contribution >= 4 is 17.5 Å². The molecule has 0 aliphatic heterocycles. The van der Waals surface area contributed by atoms with Crippen molar-refractivity contribution in [1.82, 2.24) is 14.8 Å². The van der Waals surface area contributed by atoms with Crippen LogP contribution in [0.3, 0.4) is 0 Å². The van der Waals surface area contributed by atoms with E-state index in [0.29, 0.717) is 41.4 Å². The number of ketones is 1. The lowest BCUT2D eigenvalue weighted by Crippen LogP contribution is -2.12. The highest BCUT2D eigenvalue weighted by Gasteiger charge is 2.22. The summed E-state index contributed by atoms with van der Waals surface area (Å²) in [5.74, 6) is 2.50. The van der Waals surface area contributed by atoms with E-state index in [1.807, 2.05) is 44.4 Å². The number of carbonyl (C=O) groups excluding carboxylic acids is 1. The zero-order chi connectivity index (χ0) is 25.7. The molecular weight excluding hydrogens is 466 g/mol. The van der Waals surface area contributed by atoms with Crippen molar-refractivity contribution in [3.63, 3.8) is 0 Å². The lowest BCUT2D eigenvalue weighted by Gasteiger charge is -2.15. The summed E-state index contributed by atoms with van der Waals surface area (Å²) < 4.78 is 23.7. The van der Waals surface area contributed by atoms with E-state index in [-0.39, 0.29) is 11.5 Å². The molecule has 9 heteroatoms. The Kier molecular flexibility index (Phi) is 8.80. The fraction of sp³-hybridized carbons (Fsp3) is 0.423. The van der Waals surface area contributed by atoms with Gasteiger partial charge in [0.25, 0.3) is 0 Å². The summed E-state index contributed by atoms with van der Waals surface area (Å²) in [5.41, 5.74) is 5.84. The Morgan fingerprint density at radius 2 is 1.49 bits per heavy atom. The quantitative estimate of drug-likeness (QED) is 0.274. The fourth-order valence-corrected chi connectivity index (χ4v) is 4.88. The minimum absolute atomic E-state index is 0.0763. The summed E-state index contributed by atoms with van der Waals surface area (Å²) in [6.45, 7) is 9.07. The summed E-state index contributed by atoms with van der Waals surface area (Å²) in [6.07, 6.45) is 0. The van der Waals surface area contributed by atoms with Gasteiger partial charge in [0, 0.05) is 18.2 Å². The third-order valence-corrected chi connectivity index (χ3v) is 7.10. The third kappa shape index (κ3) is 5.46. The van der Waals surface area contributed by atoms with Crippen molar-refractivity contribution in [3.8, 4) is 28.6 Å². The standard InChI is InChI=1S/C26H33N3O5S/c1-15-11-16(2)18(4)23(17(15)3)20(30)14-35-26-28-27-25(29(26)9-10-31-5)19-12-21(32-6)24(34-8)22(13-19)33-7/h11-13H,9-10,14H2,1-8H3. The van der Waals surface area contributed by atoms with E-state index in [2.05, 4.69) is 16.3 Å². The van der Waals surface area contributed by atoms with Gasteiger partial charge in [-0.1, -0.05) is 17.8 Å². The Bertz CT molecular complexity index is 1170. The van der Waals surface area contributed by atoms with Gasteiger partial charge in [-0.25, -0.2) is 0 Å². The highest BCUT2D eigenvalue weighted by atomic mass is 32.2. The normalized spacial score (nSPS) is 11.0. The first-order chi connectivity index (χ1) is 16.8. The Morgan fingerprint density at radius 1 is 0.886 bits per heavy atom. The monoisotopic (exact) mass is 499 g/mol. The smallest absolute Gasteiger partial charge is 0.203 e. The van der Waals surface area contributed by atoms with Gasteiger partial charge in [-0.2, -0.15) is 0 Å². The molecule has 2 aromatic carbocycles. The molecule has 0 amide bonds. The molecule has 0 fully saturated rings. The summed E-state index contributed by atoms with van der Waals surface area (Å²) in [6, 6.07) is 5.78. The highest BCUT2D eigenvalue weighted by molar-refractivity contribution is 7.99. The molecule has 0 saturated carbocycles. The maximum absolute atomic E-state index is 13.3. The number of carbonyl (C=O) groups is 1. The fourth-order valence-electron chi connectivity index (χ4n) is 4.04. The summed E-state index contributed by atoms with van der Waals surface area (Å²) >= 11 is 1.37. The number of thioether (sulfide) groups is 1. The van der Waals surface area contributed by atoms with Crippen LogP contribution >= 0.6 is 11.8 Å². The molecule has 1 aromatic heterocycles. The second kappa shape index (κ2) is 11.6. The minimum atomic E-state index is 0.0763. The molecule has 0 aliphatic carbocycles. The predicted octanol–water partition coefficient (Wildman–Crippen LogP) is 4.83. The SMILES string of the molecule is COCCn1c(SCC(=O)c2c(C)c(C)cc(C)c2C)nnc1-c1cc(OC)c(OC)c(OC)c1. The highest BCUT2D eigenvalue weighted by Crippen LogP contribution is 2.41. The largest absolute Gasteiger partial charge is 0.493 e. The van der Waals surface area contributed by atoms with Crippen LogP contribution in [0.4, 0.5) is 0 Å². The molecule has 0 N–H and O–H groups in total. The van der Waals surface area contributed by atoms with Crippen LogP contribution < -0.4 is 14.2 Å². The second-order valence-electron chi connectivity index (χ2n) is 8.21. The second-order valence-corrected chi connectivity index (χ2v) is 9.15. The van der Waals surface area contributed by atoms with E-state index >= 15 is 0 Å². The average molecular weight is 500 g/mol. The molecule has 3 aromatic rings. The van der Waals surface area contributed by atoms with Gasteiger partial charge in [0.05, 0.1) is 40.2 Å². The van der Waals surface area contributed by atoms with E-state index < -0.39 is 0 Å². The molecule has 0 atom stereocenters. The van der Waals surface area contributed by atoms with Gasteiger partial charge >= 0.3 is 0 Å². The van der Waals surface area contributed by atoms with Crippen molar-refractivity contribution in [3.05, 3.63) is 46.0 Å². The van der Waals surface area contributed by atoms with Crippen molar-refractivity contribution in [2.75, 3.05) is 40.8 Å². The van der Waals surface area contributed by atoms with Crippen LogP contribution in [0.5, 0.6) is 17.2 Å². The Balaban J connectivity index is 1.97. The van der Waals surface area contributed by atoms with E-state index in [1.54, 1.807) is 28.4 Å². The third-order valence-electron chi connectivity index (χ3n) is 6.14. The van der Waals surface area contributed by atoms with E-state index in [1.165, 1.54) is 11.8 Å². The number of methoxy groups -OCH3 is 4. The zero-order valence-corrected chi connectivity index (χ0v) is 22.5. The first kappa shape index (κ1) is 26.6. The van der Waals surface area contributed by atoms with Crippen LogP contribution in [-0.4, -0.2) is 61.3 Å². The van der Waals surface area contributed by atoms with Gasteiger partial charge < -0.3 is 18.9 Å². The van der Waals surface area contributed by atoms with Gasteiger partial charge in [0.15, 0.2) is 28.3 Å². The minimum Gasteiger partial charge on any atom is -0.493 e. The Labute approximate surface area is 210 Å². The molecule has 1 heterocycles. The van der Waals surface area contributed by atoms with Crippen molar-refractivity contribution < 1.29 is 23.7 Å². The lowest BCUT2D eigenvalue weighted by molar-refractivity contribution is 0.102. The molecule has 0 spiro atoms. The number of ether oxygens (including phenoxy) is 4. The molecule has 8 nitrogen and oxygen atoms in total. The van der Waals surface area contributed by atoms with Crippen LogP contribution in [0.2, 0.25) is 0 Å². The maximum atomic E-state index is 13.3. The van der Waals surface area contributed by atoms with Crippen molar-refractivity contribution in [2.45, 2.75) is 39.4 Å². The number of aryl methyl sites for hydroxylation is 2. The lowest BCUT2D eigenvalue weighted by atomic mass is 9.92. The number of benzene rings is 2. The summed E-state index contributed by atoms with van der Waals surface area (Å²) in [4.78, 5) is 13.3. The van der Waals surface area contributed by atoms with Crippen LogP contribution in [0.25, 0.3) is 11.4 Å². The summed E-state index contributed by atoms with van der Waals surface area (Å²) in [5, 5.41) is 9.47. The van der Waals surface area contributed by atoms with Gasteiger partial charge in [-0.05, 0) is 62.1 Å². The molecule has 0 unspecified atom stereocenters. The van der Waals surface area contributed by atoms with Gasteiger partial charge in [0.1, 0.15) is 0 Å². The van der Waals surface area contributed by atoms with Gasteiger partial charge in [-0.3, -0.25) is 9.36 Å². The van der Waals surface area contributed by atoms with E-state index in [4.69, 9.17) is 18.9 Å². The molecule has 188 valence electrons. The zero-order valence-electron chi connectivity index (χ0n) is 21.6. The Hall–Kier alpha value is -3.04. The van der Waals surface area contributed by atoms with Crippen molar-refractivity contribution in [2.24, 2.45) is 0 Å². The first-order valence-electron chi connectivity index (χ1n) is 11.2. The van der Waals surface area contributed by atoms with Crippen molar-refractivity contribution in [1.29, 1.82) is 0 Å². The molecule has 0 saturated heterocycles. The molecule has 0 aliphatic rings. The Morgan fingerprint density at radius 3 is 2.00 bits per heavy atom. The van der Waals surface area contributed by atoms with Crippen LogP contribution in [0.1, 0.15) is 32.6 Å². The topological polar surface area (TPSA) is 84.7 Å². The molecule has 3 rings (SSSR count). The average Bonchev–Trinajstić information content (AvgIpc) is 3.26. The number of nitrogens with zero attached hydrogens (tertiary/aromatic N) is 3. The molecule has 35 heavy (non-hydrogen) atoms. The van der Waals surface area contributed by atoms with Crippen LogP contribution in [-0.2, 0) is 11.3 Å². The maximum Gasteiger partial charge on any atom is 0.203 e. The number of aromatic nitrogens is 3. The van der Waals surface area contributed by atoms with E-state index in [9.17, 15) is 4.79 Å².